The van der Waals surface area contributed by atoms with Gasteiger partial charge in [0.15, 0.2) is 0 Å². The zero-order valence-electron chi connectivity index (χ0n) is 41.3. The number of methoxy groups -OCH3 is 2. The van der Waals surface area contributed by atoms with Gasteiger partial charge >= 0.3 is 23.9 Å². The lowest BCUT2D eigenvalue weighted by molar-refractivity contribution is -0.155. The minimum Gasteiger partial charge on any atom is -0.488 e. The first kappa shape index (κ1) is 55.4. The van der Waals surface area contributed by atoms with Crippen molar-refractivity contribution in [1.82, 2.24) is 20.6 Å². The maximum atomic E-state index is 12.2. The van der Waals surface area contributed by atoms with Crippen molar-refractivity contribution in [3.05, 3.63) is 163 Å². The summed E-state index contributed by atoms with van der Waals surface area (Å²) in [6, 6.07) is 18.7. The molecule has 74 heavy (non-hydrogen) atoms. The Morgan fingerprint density at radius 3 is 1.32 bits per heavy atom. The van der Waals surface area contributed by atoms with E-state index in [-0.39, 0.29) is 49.6 Å². The Bertz CT molecular complexity index is 2860. The van der Waals surface area contributed by atoms with Crippen molar-refractivity contribution in [3.63, 3.8) is 0 Å². The highest BCUT2D eigenvalue weighted by Gasteiger charge is 2.29. The molecule has 4 aromatic carbocycles. The molecule has 0 saturated carbocycles. The topological polar surface area (TPSA) is 239 Å². The molecule has 2 heterocycles. The fourth-order valence-electron chi connectivity index (χ4n) is 7.63. The van der Waals surface area contributed by atoms with Crippen LogP contribution >= 0.6 is 23.2 Å². The summed E-state index contributed by atoms with van der Waals surface area (Å²) in [6.07, 6.45) is 9.97. The van der Waals surface area contributed by atoms with Gasteiger partial charge in [-0.1, -0.05) is 59.6 Å². The van der Waals surface area contributed by atoms with E-state index in [9.17, 15) is 29.4 Å². The monoisotopic (exact) mass is 1050 g/mol. The molecular weight excluding hydrogens is 996 g/mol. The van der Waals surface area contributed by atoms with Gasteiger partial charge < -0.3 is 38.6 Å². The summed E-state index contributed by atoms with van der Waals surface area (Å²) in [4.78, 5) is 64.8. The fourth-order valence-corrected chi connectivity index (χ4v) is 8.11. The molecule has 2 aromatic heterocycles. The summed E-state index contributed by atoms with van der Waals surface area (Å²) in [5.41, 5.74) is 9.47. The molecule has 0 unspecified atom stereocenters. The molecule has 0 aliphatic heterocycles. The Kier molecular flexibility index (Phi) is 20.0. The van der Waals surface area contributed by atoms with Crippen molar-refractivity contribution < 1.29 is 57.8 Å². The number of hydrogen-bond acceptors (Lipinski definition) is 16. The molecule has 0 radical (unpaired) electrons. The van der Waals surface area contributed by atoms with Gasteiger partial charge in [-0.05, 0) is 71.5 Å². The van der Waals surface area contributed by atoms with E-state index in [0.29, 0.717) is 34.1 Å². The number of esters is 2. The molecule has 386 valence electrons. The number of hydrogen-bond donors (Lipinski definition) is 4. The first-order valence-corrected chi connectivity index (χ1v) is 23.5. The van der Waals surface area contributed by atoms with Gasteiger partial charge in [0.2, 0.25) is 12.1 Å². The Morgan fingerprint density at radius 1 is 0.568 bits per heavy atom. The SMILES string of the molecule is C/N=C/c1cncc(COc2cc(OCc3cccc(-c4cccc(COc5cc(OCc6cncc(/C=N/C)c6)c(CN[C@H](C(=O)O)C(=O)OC)cc5Cl)c4C)c3C)c(Cl)cc2CN[C@H](C(=O)O)C(=O)OC)c1. The molecule has 0 bridgehead atoms. The molecular formula is C54H54Cl2N6O12. The van der Waals surface area contributed by atoms with Gasteiger partial charge in [-0.25, -0.2) is 19.2 Å². The van der Waals surface area contributed by atoms with Crippen molar-refractivity contribution in [3.8, 4) is 34.1 Å². The van der Waals surface area contributed by atoms with Crippen LogP contribution in [0.5, 0.6) is 23.0 Å². The molecule has 20 heteroatoms. The van der Waals surface area contributed by atoms with Crippen molar-refractivity contribution in [1.29, 1.82) is 0 Å². The third-order valence-corrected chi connectivity index (χ3v) is 12.1. The maximum Gasteiger partial charge on any atom is 0.334 e. The van der Waals surface area contributed by atoms with Crippen LogP contribution in [0.25, 0.3) is 11.1 Å². The number of rotatable bonds is 25. The van der Waals surface area contributed by atoms with Crippen LogP contribution in [0.1, 0.15) is 55.6 Å². The number of aliphatic imine (C=N–C) groups is 2. The number of nitrogens with zero attached hydrogens (tertiary/aromatic N) is 4. The summed E-state index contributed by atoms with van der Waals surface area (Å²) < 4.78 is 34.6. The van der Waals surface area contributed by atoms with Crippen LogP contribution in [0.4, 0.5) is 0 Å². The normalized spacial score (nSPS) is 12.1. The number of carboxylic acids is 2. The molecule has 0 fully saturated rings. The summed E-state index contributed by atoms with van der Waals surface area (Å²) in [5.74, 6) is -3.51. The van der Waals surface area contributed by atoms with Crippen LogP contribution < -0.4 is 29.6 Å². The first-order valence-electron chi connectivity index (χ1n) is 22.8. The van der Waals surface area contributed by atoms with Crippen LogP contribution in [0, 0.1) is 13.8 Å². The number of carbonyl (C=O) groups excluding carboxylic acids is 2. The molecule has 0 aliphatic carbocycles. The minimum absolute atomic E-state index is 0.0860. The number of carbonyl (C=O) groups is 4. The maximum absolute atomic E-state index is 12.2. The Labute approximate surface area is 437 Å². The zero-order chi connectivity index (χ0) is 53.3. The molecule has 0 saturated heterocycles. The Morgan fingerprint density at radius 2 is 0.959 bits per heavy atom. The molecule has 0 aliphatic rings. The number of nitrogens with one attached hydrogen (secondary N) is 2. The van der Waals surface area contributed by atoms with Crippen molar-refractivity contribution >= 4 is 59.5 Å². The quantitative estimate of drug-likeness (QED) is 0.0242. The predicted molar refractivity (Wildman–Crippen MR) is 278 cm³/mol. The third-order valence-electron chi connectivity index (χ3n) is 11.5. The summed E-state index contributed by atoms with van der Waals surface area (Å²) in [7, 11) is 5.52. The second kappa shape index (κ2) is 26.7. The van der Waals surface area contributed by atoms with Gasteiger partial charge in [0.05, 0.1) is 24.3 Å². The molecule has 4 N–H and O–H groups in total. The average molecular weight is 1050 g/mol. The lowest BCUT2D eigenvalue weighted by atomic mass is 9.92. The number of aliphatic carboxylic acids is 2. The van der Waals surface area contributed by atoms with Crippen molar-refractivity contribution in [2.75, 3.05) is 28.3 Å². The van der Waals surface area contributed by atoms with Crippen LogP contribution in [-0.4, -0.2) is 96.9 Å². The fraction of sp³-hybridized carbons (Fsp3) is 0.259. The molecule has 6 aromatic rings. The largest absolute Gasteiger partial charge is 0.488 e. The molecule has 18 nitrogen and oxygen atoms in total. The van der Waals surface area contributed by atoms with E-state index in [2.05, 4.69) is 40.1 Å². The second-order valence-electron chi connectivity index (χ2n) is 16.5. The molecule has 6 rings (SSSR count). The van der Waals surface area contributed by atoms with Gasteiger partial charge in [0.1, 0.15) is 49.4 Å². The molecule has 0 amide bonds. The van der Waals surface area contributed by atoms with E-state index < -0.39 is 36.0 Å². The zero-order valence-corrected chi connectivity index (χ0v) is 42.8. The number of benzene rings is 4. The third kappa shape index (κ3) is 14.6. The van der Waals surface area contributed by atoms with Crippen LogP contribution in [0.15, 0.2) is 108 Å². The van der Waals surface area contributed by atoms with Crippen molar-refractivity contribution in [2.45, 2.75) is 65.4 Å². The van der Waals surface area contributed by atoms with E-state index in [1.165, 1.54) is 0 Å². The van der Waals surface area contributed by atoms with Gasteiger partial charge in [-0.15, -0.1) is 0 Å². The Hall–Kier alpha value is -7.90. The summed E-state index contributed by atoms with van der Waals surface area (Å²) in [6.45, 7) is 4.18. The second-order valence-corrected chi connectivity index (χ2v) is 17.3. The molecule has 2 atom stereocenters. The number of pyridine rings is 2. The highest BCUT2D eigenvalue weighted by atomic mass is 35.5. The first-order chi connectivity index (χ1) is 35.6. The summed E-state index contributed by atoms with van der Waals surface area (Å²) >= 11 is 13.6. The number of ether oxygens (including phenoxy) is 6. The Balaban J connectivity index is 1.22. The number of aromatic nitrogens is 2. The highest BCUT2D eigenvalue weighted by molar-refractivity contribution is 6.32. The lowest BCUT2D eigenvalue weighted by Gasteiger charge is -2.19. The van der Waals surface area contributed by atoms with Gasteiger partial charge in [-0.2, -0.15) is 0 Å². The van der Waals surface area contributed by atoms with E-state index in [0.717, 1.165) is 69.9 Å². The van der Waals surface area contributed by atoms with Gasteiger partial charge in [-0.3, -0.25) is 30.6 Å². The van der Waals surface area contributed by atoms with E-state index in [1.54, 1.807) is 75.6 Å². The standard InChI is InChI=1S/C54H54Cl2N6O12/c1-31-37(29-73-47-17-45(71-27-35-13-33(19-57-3)21-59-23-35)39(15-43(47)55)25-61-49(51(63)64)53(67)69-5)9-7-11-41(31)42-12-8-10-38(32(42)2)30-74-48-18-46(72-28-36-14-34(20-58-4)22-60-24-36)40(16-44(48)56)26-62-50(52(65)66)54(68)70-6/h7-24,49-50,61-62H,25-30H2,1-6H3,(H,63,64)(H,65,66)/b57-19+,58-20+/t49-,50-/m1/s1. The van der Waals surface area contributed by atoms with Gasteiger partial charge in [0.25, 0.3) is 0 Å². The number of carboxylic acid groups (broad SMARTS) is 2. The van der Waals surface area contributed by atoms with Gasteiger partial charge in [0, 0.05) is 110 Å². The van der Waals surface area contributed by atoms with E-state index in [4.69, 9.17) is 42.1 Å². The average Bonchev–Trinajstić information content (AvgIpc) is 3.38. The minimum atomic E-state index is -1.64. The number of halogens is 2. The van der Waals surface area contributed by atoms with Crippen LogP contribution in [-0.2, 0) is 68.2 Å². The lowest BCUT2D eigenvalue weighted by Crippen LogP contribution is -2.43. The smallest absolute Gasteiger partial charge is 0.334 e. The predicted octanol–water partition coefficient (Wildman–Crippen LogP) is 7.91. The van der Waals surface area contributed by atoms with Crippen molar-refractivity contribution in [2.24, 2.45) is 9.98 Å². The summed E-state index contributed by atoms with van der Waals surface area (Å²) in [5, 5.41) is 25.2. The molecule has 0 spiro atoms. The van der Waals surface area contributed by atoms with E-state index >= 15 is 0 Å². The van der Waals surface area contributed by atoms with Crippen LogP contribution in [0.2, 0.25) is 10.0 Å². The highest BCUT2D eigenvalue weighted by Crippen LogP contribution is 2.37. The van der Waals surface area contributed by atoms with E-state index in [1.807, 2.05) is 62.4 Å². The van der Waals surface area contributed by atoms with Crippen LogP contribution in [0.3, 0.4) is 0 Å².